The van der Waals surface area contributed by atoms with Crippen molar-refractivity contribution in [2.75, 3.05) is 18.5 Å². The summed E-state index contributed by atoms with van der Waals surface area (Å²) in [6, 6.07) is 13.5. The second kappa shape index (κ2) is 7.56. The smallest absolute Gasteiger partial charge is 0.253 e. The van der Waals surface area contributed by atoms with Crippen molar-refractivity contribution in [3.8, 4) is 5.75 Å². The Kier molecular flexibility index (Phi) is 4.76. The Balaban J connectivity index is 1.45. The molecule has 5 nitrogen and oxygen atoms in total. The highest BCUT2D eigenvalue weighted by Gasteiger charge is 2.39. The van der Waals surface area contributed by atoms with Crippen LogP contribution in [0.4, 0.5) is 5.69 Å². The van der Waals surface area contributed by atoms with Gasteiger partial charge in [0.05, 0.1) is 23.4 Å². The lowest BCUT2D eigenvalue weighted by molar-refractivity contribution is 0.0858. The fourth-order valence-electron chi connectivity index (χ4n) is 4.93. The van der Waals surface area contributed by atoms with Gasteiger partial charge in [0.2, 0.25) is 0 Å². The van der Waals surface area contributed by atoms with E-state index in [0.29, 0.717) is 18.0 Å². The molecule has 5 heteroatoms. The van der Waals surface area contributed by atoms with Crippen LogP contribution in [0.3, 0.4) is 0 Å². The van der Waals surface area contributed by atoms with Gasteiger partial charge < -0.3 is 20.5 Å². The summed E-state index contributed by atoms with van der Waals surface area (Å²) in [5, 5.41) is 16.4. The zero-order valence-corrected chi connectivity index (χ0v) is 16.3. The molecule has 0 aromatic heterocycles. The first-order valence-electron chi connectivity index (χ1n) is 10.5. The van der Waals surface area contributed by atoms with Crippen LogP contribution >= 0.6 is 0 Å². The summed E-state index contributed by atoms with van der Waals surface area (Å²) < 4.78 is 5.63. The number of para-hydroxylation sites is 1. The van der Waals surface area contributed by atoms with Crippen LogP contribution in [0.15, 0.2) is 54.6 Å². The Hall–Kier alpha value is -2.79. The number of carbonyl (C=O) groups is 1. The molecule has 2 heterocycles. The molecule has 0 saturated carbocycles. The van der Waals surface area contributed by atoms with Crippen molar-refractivity contribution in [3.63, 3.8) is 0 Å². The summed E-state index contributed by atoms with van der Waals surface area (Å²) in [4.78, 5) is 13.0. The number of nitrogens with one attached hydrogen (secondary N) is 2. The number of amides is 1. The minimum Gasteiger partial charge on any atom is -0.508 e. The summed E-state index contributed by atoms with van der Waals surface area (Å²) in [5.74, 6) is 0.892. The van der Waals surface area contributed by atoms with Crippen molar-refractivity contribution >= 4 is 11.6 Å². The van der Waals surface area contributed by atoms with Crippen molar-refractivity contribution in [1.29, 1.82) is 0 Å². The molecule has 150 valence electrons. The Bertz CT molecular complexity index is 932. The maximum Gasteiger partial charge on any atom is 0.253 e. The van der Waals surface area contributed by atoms with E-state index in [4.69, 9.17) is 4.74 Å². The fraction of sp³-hybridized carbons (Fsp3) is 0.375. The third-order valence-corrected chi connectivity index (χ3v) is 6.41. The van der Waals surface area contributed by atoms with Gasteiger partial charge in [0, 0.05) is 19.1 Å². The average molecular weight is 390 g/mol. The largest absolute Gasteiger partial charge is 0.508 e. The van der Waals surface area contributed by atoms with Crippen LogP contribution in [0.25, 0.3) is 0 Å². The third-order valence-electron chi connectivity index (χ3n) is 6.41. The lowest BCUT2D eigenvalue weighted by atomic mass is 9.76. The molecular formula is C24H26N2O3. The van der Waals surface area contributed by atoms with Crippen LogP contribution in [0.2, 0.25) is 0 Å². The number of allylic oxidation sites excluding steroid dienone is 2. The van der Waals surface area contributed by atoms with Gasteiger partial charge in [-0.3, -0.25) is 4.79 Å². The molecule has 0 spiro atoms. The Morgan fingerprint density at radius 2 is 2.07 bits per heavy atom. The highest BCUT2D eigenvalue weighted by molar-refractivity contribution is 6.00. The van der Waals surface area contributed by atoms with Crippen molar-refractivity contribution in [3.05, 3.63) is 71.3 Å². The summed E-state index contributed by atoms with van der Waals surface area (Å²) >= 11 is 0. The van der Waals surface area contributed by atoms with E-state index in [1.807, 2.05) is 24.3 Å². The number of benzene rings is 2. The molecule has 1 amide bonds. The summed E-state index contributed by atoms with van der Waals surface area (Å²) in [7, 11) is 0. The van der Waals surface area contributed by atoms with Crippen LogP contribution in [0.1, 0.15) is 52.7 Å². The van der Waals surface area contributed by atoms with E-state index in [0.717, 1.165) is 37.1 Å². The molecule has 5 rings (SSSR count). The van der Waals surface area contributed by atoms with Gasteiger partial charge in [-0.1, -0.05) is 36.4 Å². The van der Waals surface area contributed by atoms with Crippen LogP contribution in [-0.4, -0.2) is 30.3 Å². The molecule has 1 saturated heterocycles. The summed E-state index contributed by atoms with van der Waals surface area (Å²) in [5.41, 5.74) is 3.91. The predicted molar refractivity (Wildman–Crippen MR) is 112 cm³/mol. The molecule has 1 fully saturated rings. The van der Waals surface area contributed by atoms with Crippen LogP contribution in [-0.2, 0) is 4.74 Å². The van der Waals surface area contributed by atoms with E-state index < -0.39 is 0 Å². The van der Waals surface area contributed by atoms with Crippen molar-refractivity contribution in [2.45, 2.75) is 37.3 Å². The molecule has 0 radical (unpaired) electrons. The molecular weight excluding hydrogens is 364 g/mol. The van der Waals surface area contributed by atoms with Gasteiger partial charge >= 0.3 is 0 Å². The van der Waals surface area contributed by atoms with Crippen molar-refractivity contribution in [1.82, 2.24) is 5.32 Å². The van der Waals surface area contributed by atoms with Gasteiger partial charge in [0.25, 0.3) is 5.91 Å². The lowest BCUT2D eigenvalue weighted by Crippen LogP contribution is -2.34. The number of phenols is 1. The molecule has 2 aromatic rings. The van der Waals surface area contributed by atoms with Crippen molar-refractivity contribution in [2.24, 2.45) is 5.92 Å². The average Bonchev–Trinajstić information content (AvgIpc) is 3.44. The molecule has 0 bridgehead atoms. The van der Waals surface area contributed by atoms with Crippen LogP contribution < -0.4 is 10.6 Å². The number of rotatable bonds is 4. The second-order valence-electron chi connectivity index (χ2n) is 8.18. The molecule has 3 N–H and O–H groups in total. The maximum atomic E-state index is 13.0. The zero-order chi connectivity index (χ0) is 19.8. The molecule has 29 heavy (non-hydrogen) atoms. The first-order chi connectivity index (χ1) is 14.2. The molecule has 1 aliphatic carbocycles. The van der Waals surface area contributed by atoms with E-state index in [2.05, 4.69) is 28.9 Å². The Labute approximate surface area is 170 Å². The van der Waals surface area contributed by atoms with Gasteiger partial charge in [0.15, 0.2) is 0 Å². The van der Waals surface area contributed by atoms with Crippen LogP contribution in [0, 0.1) is 5.92 Å². The Morgan fingerprint density at radius 1 is 1.21 bits per heavy atom. The molecule has 4 atom stereocenters. The third kappa shape index (κ3) is 3.40. The molecule has 3 aliphatic rings. The number of anilines is 1. The number of hydrogen-bond acceptors (Lipinski definition) is 4. The topological polar surface area (TPSA) is 70.6 Å². The van der Waals surface area contributed by atoms with E-state index in [9.17, 15) is 9.90 Å². The first-order valence-corrected chi connectivity index (χ1v) is 10.5. The van der Waals surface area contributed by atoms with Gasteiger partial charge in [-0.05, 0) is 54.5 Å². The van der Waals surface area contributed by atoms with Gasteiger partial charge in [-0.15, -0.1) is 0 Å². The van der Waals surface area contributed by atoms with Crippen molar-refractivity contribution < 1.29 is 14.6 Å². The lowest BCUT2D eigenvalue weighted by Gasteiger charge is -2.38. The fourth-order valence-corrected chi connectivity index (χ4v) is 4.93. The second-order valence-corrected chi connectivity index (χ2v) is 8.18. The summed E-state index contributed by atoms with van der Waals surface area (Å²) in [6.07, 6.45) is 7.70. The van der Waals surface area contributed by atoms with Gasteiger partial charge in [-0.2, -0.15) is 0 Å². The van der Waals surface area contributed by atoms with Crippen LogP contribution in [0.5, 0.6) is 5.75 Å². The van der Waals surface area contributed by atoms with E-state index in [1.165, 1.54) is 5.56 Å². The minimum absolute atomic E-state index is 0.0604. The monoisotopic (exact) mass is 390 g/mol. The highest BCUT2D eigenvalue weighted by Crippen LogP contribution is 2.50. The van der Waals surface area contributed by atoms with E-state index >= 15 is 0 Å². The van der Waals surface area contributed by atoms with E-state index in [1.54, 1.807) is 12.1 Å². The quantitative estimate of drug-likeness (QED) is 0.687. The normalized spacial score (nSPS) is 27.2. The predicted octanol–water partition coefficient (Wildman–Crippen LogP) is 4.13. The number of fused-ring (bicyclic) bond motifs is 3. The van der Waals surface area contributed by atoms with E-state index in [-0.39, 0.29) is 29.7 Å². The standard InChI is InChI=1S/C24H26N2O3/c27-16-11-9-15(10-12-16)22-19-6-1-5-18(19)20-7-2-8-21(23(20)26-22)24(28)25-14-17-4-3-13-29-17/h1-2,5,7-12,17-19,22,26-27H,3-4,6,13-14H2,(H,25,28). The Morgan fingerprint density at radius 3 is 2.86 bits per heavy atom. The first kappa shape index (κ1) is 18.3. The number of carbonyl (C=O) groups excluding carboxylic acids is 1. The van der Waals surface area contributed by atoms with Gasteiger partial charge in [-0.25, -0.2) is 0 Å². The SMILES string of the molecule is O=C(NCC1CCCO1)c1cccc2c1NC(c1ccc(O)cc1)C1CC=CC21. The summed E-state index contributed by atoms with van der Waals surface area (Å²) in [6.45, 7) is 1.34. The number of ether oxygens (including phenoxy) is 1. The molecule has 2 aliphatic heterocycles. The minimum atomic E-state index is -0.0604. The van der Waals surface area contributed by atoms with Gasteiger partial charge in [0.1, 0.15) is 5.75 Å². The molecule has 4 unspecified atom stereocenters. The number of hydrogen-bond donors (Lipinski definition) is 3. The maximum absolute atomic E-state index is 13.0. The number of phenolic OH excluding ortho intramolecular Hbond substituents is 1. The highest BCUT2D eigenvalue weighted by atomic mass is 16.5. The number of aromatic hydroxyl groups is 1. The molecule has 2 aromatic carbocycles. The zero-order valence-electron chi connectivity index (χ0n) is 16.3.